The van der Waals surface area contributed by atoms with Gasteiger partial charge in [0, 0.05) is 25.4 Å². The topological polar surface area (TPSA) is 21.3 Å². The van der Waals surface area contributed by atoms with E-state index < -0.39 is 0 Å². The highest BCUT2D eigenvalue weighted by Gasteiger charge is 2.23. The van der Waals surface area contributed by atoms with Crippen LogP contribution in [0.2, 0.25) is 0 Å². The van der Waals surface area contributed by atoms with E-state index in [9.17, 15) is 0 Å². The maximum atomic E-state index is 5.68. The van der Waals surface area contributed by atoms with Crippen molar-refractivity contribution in [3.05, 3.63) is 29.3 Å². The van der Waals surface area contributed by atoms with Crippen LogP contribution in [-0.2, 0) is 6.42 Å². The second kappa shape index (κ2) is 2.99. The third kappa shape index (κ3) is 1.22. The molecule has 3 rings (SSSR count). The quantitative estimate of drug-likeness (QED) is 0.726. The molecular weight excluding hydrogens is 174 g/mol. The van der Waals surface area contributed by atoms with Gasteiger partial charge in [0.15, 0.2) is 0 Å². The van der Waals surface area contributed by atoms with Gasteiger partial charge in [-0.25, -0.2) is 0 Å². The molecule has 0 aromatic heterocycles. The van der Waals surface area contributed by atoms with Gasteiger partial charge >= 0.3 is 0 Å². The second-order valence-corrected chi connectivity index (χ2v) is 4.35. The summed E-state index contributed by atoms with van der Waals surface area (Å²) < 4.78 is 5.68. The Morgan fingerprint density at radius 2 is 2.21 bits per heavy atom. The van der Waals surface area contributed by atoms with E-state index in [1.807, 2.05) is 0 Å². The lowest BCUT2D eigenvalue weighted by molar-refractivity contribution is 0.254. The molecule has 2 heterocycles. The van der Waals surface area contributed by atoms with Gasteiger partial charge in [-0.2, -0.15) is 0 Å². The molecule has 1 aromatic rings. The minimum absolute atomic E-state index is 0.361. The molecule has 1 aromatic carbocycles. The highest BCUT2D eigenvalue weighted by Crippen LogP contribution is 2.32. The van der Waals surface area contributed by atoms with E-state index in [0.717, 1.165) is 31.2 Å². The number of rotatable bonds is 1. The first-order valence-electron chi connectivity index (χ1n) is 5.33. The molecule has 2 aliphatic rings. The van der Waals surface area contributed by atoms with Crippen molar-refractivity contribution < 1.29 is 4.74 Å². The molecule has 0 amide bonds. The highest BCUT2D eigenvalue weighted by atomic mass is 16.5. The minimum atomic E-state index is 0.361. The van der Waals surface area contributed by atoms with Gasteiger partial charge in [-0.3, -0.25) is 0 Å². The second-order valence-electron chi connectivity index (χ2n) is 4.35. The van der Waals surface area contributed by atoms with E-state index in [4.69, 9.17) is 4.74 Å². The molecule has 0 saturated carbocycles. The van der Waals surface area contributed by atoms with E-state index in [1.54, 1.807) is 0 Å². The first-order chi connectivity index (χ1) is 6.83. The summed E-state index contributed by atoms with van der Waals surface area (Å²) in [7, 11) is 0. The molecule has 0 bridgehead atoms. The van der Waals surface area contributed by atoms with Crippen molar-refractivity contribution >= 4 is 0 Å². The van der Waals surface area contributed by atoms with Crippen LogP contribution in [0, 0.1) is 0 Å². The lowest BCUT2D eigenvalue weighted by Crippen LogP contribution is -2.39. The predicted molar refractivity (Wildman–Crippen MR) is 55.8 cm³/mol. The number of nitrogens with one attached hydrogen (secondary N) is 1. The van der Waals surface area contributed by atoms with Gasteiger partial charge in [0.1, 0.15) is 11.9 Å². The molecule has 1 fully saturated rings. The molecule has 0 aliphatic carbocycles. The maximum Gasteiger partial charge on any atom is 0.123 e. The van der Waals surface area contributed by atoms with Crippen LogP contribution in [0.4, 0.5) is 0 Å². The van der Waals surface area contributed by atoms with Crippen molar-refractivity contribution in [2.45, 2.75) is 25.4 Å². The summed E-state index contributed by atoms with van der Waals surface area (Å²) in [5.41, 5.74) is 2.86. The summed E-state index contributed by atoms with van der Waals surface area (Å²) in [5, 5.41) is 3.30. The van der Waals surface area contributed by atoms with Crippen molar-refractivity contribution in [1.29, 1.82) is 0 Å². The van der Waals surface area contributed by atoms with Gasteiger partial charge in [-0.1, -0.05) is 12.1 Å². The highest BCUT2D eigenvalue weighted by molar-refractivity contribution is 5.42. The van der Waals surface area contributed by atoms with E-state index in [2.05, 4.69) is 30.4 Å². The predicted octanol–water partition coefficient (Wildman–Crippen LogP) is 1.70. The summed E-state index contributed by atoms with van der Waals surface area (Å²) in [6.45, 7) is 4.40. The number of ether oxygens (including phenoxy) is 1. The molecule has 1 atom stereocenters. The standard InChI is InChI=1S/C12H15NO/c1-8-4-10-5-9(11-6-13-7-11)2-3-12(10)14-8/h2-3,5,8,11,13H,4,6-7H2,1H3. The first-order valence-corrected chi connectivity index (χ1v) is 5.33. The Morgan fingerprint density at radius 1 is 1.36 bits per heavy atom. The Labute approximate surface area is 84.3 Å². The van der Waals surface area contributed by atoms with Gasteiger partial charge < -0.3 is 10.1 Å². The summed E-state index contributed by atoms with van der Waals surface area (Å²) in [5.74, 6) is 1.82. The van der Waals surface area contributed by atoms with Crippen molar-refractivity contribution in [3.8, 4) is 5.75 Å². The van der Waals surface area contributed by atoms with Crippen LogP contribution in [0.3, 0.4) is 0 Å². The summed E-state index contributed by atoms with van der Waals surface area (Å²) >= 11 is 0. The molecule has 2 nitrogen and oxygen atoms in total. The van der Waals surface area contributed by atoms with Gasteiger partial charge in [0.2, 0.25) is 0 Å². The molecule has 2 heteroatoms. The fourth-order valence-electron chi connectivity index (χ4n) is 2.22. The largest absolute Gasteiger partial charge is 0.490 e. The van der Waals surface area contributed by atoms with Crippen molar-refractivity contribution in [3.63, 3.8) is 0 Å². The molecule has 0 radical (unpaired) electrons. The van der Waals surface area contributed by atoms with Crippen LogP contribution in [0.5, 0.6) is 5.75 Å². The third-order valence-electron chi connectivity index (χ3n) is 3.17. The van der Waals surface area contributed by atoms with Crippen molar-refractivity contribution in [1.82, 2.24) is 5.32 Å². The van der Waals surface area contributed by atoms with Crippen LogP contribution in [0.15, 0.2) is 18.2 Å². The van der Waals surface area contributed by atoms with Crippen LogP contribution in [0.1, 0.15) is 24.0 Å². The van der Waals surface area contributed by atoms with Gasteiger partial charge in [0.05, 0.1) is 0 Å². The van der Waals surface area contributed by atoms with Crippen LogP contribution >= 0.6 is 0 Å². The monoisotopic (exact) mass is 189 g/mol. The lowest BCUT2D eigenvalue weighted by Gasteiger charge is -2.27. The Morgan fingerprint density at radius 3 is 2.93 bits per heavy atom. The Hall–Kier alpha value is -1.02. The van der Waals surface area contributed by atoms with Gasteiger partial charge in [-0.05, 0) is 24.1 Å². The maximum absolute atomic E-state index is 5.68. The molecule has 1 saturated heterocycles. The molecule has 1 unspecified atom stereocenters. The summed E-state index contributed by atoms with van der Waals surface area (Å²) in [4.78, 5) is 0. The third-order valence-corrected chi connectivity index (χ3v) is 3.17. The first kappa shape index (κ1) is 8.30. The molecule has 1 N–H and O–H groups in total. The number of fused-ring (bicyclic) bond motifs is 1. The fourth-order valence-corrected chi connectivity index (χ4v) is 2.22. The van der Waals surface area contributed by atoms with E-state index in [0.29, 0.717) is 6.10 Å². The zero-order chi connectivity index (χ0) is 9.54. The Bertz CT molecular complexity index is 357. The van der Waals surface area contributed by atoms with Gasteiger partial charge in [0.25, 0.3) is 0 Å². The Kier molecular flexibility index (Phi) is 1.77. The zero-order valence-corrected chi connectivity index (χ0v) is 8.42. The van der Waals surface area contributed by atoms with Crippen LogP contribution in [0.25, 0.3) is 0 Å². The fraction of sp³-hybridized carbons (Fsp3) is 0.500. The SMILES string of the molecule is CC1Cc2cc(C3CNC3)ccc2O1. The molecule has 2 aliphatic heterocycles. The average molecular weight is 189 g/mol. The number of hydrogen-bond acceptors (Lipinski definition) is 2. The normalized spacial score (nSPS) is 25.4. The molecule has 0 spiro atoms. The van der Waals surface area contributed by atoms with Crippen LogP contribution < -0.4 is 10.1 Å². The van der Waals surface area contributed by atoms with Crippen molar-refractivity contribution in [2.75, 3.05) is 13.1 Å². The van der Waals surface area contributed by atoms with E-state index in [1.165, 1.54) is 11.1 Å². The zero-order valence-electron chi connectivity index (χ0n) is 8.42. The Balaban J connectivity index is 1.91. The van der Waals surface area contributed by atoms with Gasteiger partial charge in [-0.15, -0.1) is 0 Å². The molecular formula is C12H15NO. The summed E-state index contributed by atoms with van der Waals surface area (Å²) in [6.07, 6.45) is 1.43. The molecule has 14 heavy (non-hydrogen) atoms. The van der Waals surface area contributed by atoms with Crippen molar-refractivity contribution in [2.24, 2.45) is 0 Å². The smallest absolute Gasteiger partial charge is 0.123 e. The van der Waals surface area contributed by atoms with E-state index >= 15 is 0 Å². The van der Waals surface area contributed by atoms with E-state index in [-0.39, 0.29) is 0 Å². The lowest BCUT2D eigenvalue weighted by atomic mass is 9.92. The average Bonchev–Trinajstić information content (AvgIpc) is 2.40. The number of hydrogen-bond donors (Lipinski definition) is 1. The molecule has 74 valence electrons. The van der Waals surface area contributed by atoms with Crippen LogP contribution in [-0.4, -0.2) is 19.2 Å². The summed E-state index contributed by atoms with van der Waals surface area (Å²) in [6, 6.07) is 6.67. The minimum Gasteiger partial charge on any atom is -0.490 e. The number of benzene rings is 1.